The molecule has 1 rings (SSSR count). The molecule has 2 nitrogen and oxygen atoms in total. The fourth-order valence-corrected chi connectivity index (χ4v) is 1.42. The summed E-state index contributed by atoms with van der Waals surface area (Å²) in [5.74, 6) is 0.448. The lowest BCUT2D eigenvalue weighted by molar-refractivity contribution is -0.137. The SMILES string of the molecule is CCC(C)(C)NCCOc1ccc(C(F)(F)F)cc1. The van der Waals surface area contributed by atoms with Crippen LogP contribution in [0.4, 0.5) is 13.2 Å². The first-order chi connectivity index (χ1) is 8.74. The molecule has 108 valence electrons. The minimum atomic E-state index is -4.30. The number of rotatable bonds is 6. The van der Waals surface area contributed by atoms with E-state index >= 15 is 0 Å². The summed E-state index contributed by atoms with van der Waals surface area (Å²) in [6.45, 7) is 7.34. The Morgan fingerprint density at radius 2 is 1.68 bits per heavy atom. The third kappa shape index (κ3) is 5.51. The molecule has 0 unspecified atom stereocenters. The van der Waals surface area contributed by atoms with E-state index in [4.69, 9.17) is 4.74 Å². The number of halogens is 3. The molecule has 0 atom stereocenters. The van der Waals surface area contributed by atoms with E-state index < -0.39 is 11.7 Å². The molecule has 0 aliphatic heterocycles. The van der Waals surface area contributed by atoms with E-state index in [-0.39, 0.29) is 5.54 Å². The lowest BCUT2D eigenvalue weighted by atomic mass is 10.0. The van der Waals surface area contributed by atoms with Gasteiger partial charge in [-0.15, -0.1) is 0 Å². The Bertz CT molecular complexity index is 385. The maximum atomic E-state index is 12.3. The highest BCUT2D eigenvalue weighted by Crippen LogP contribution is 2.30. The van der Waals surface area contributed by atoms with Gasteiger partial charge in [-0.2, -0.15) is 13.2 Å². The Labute approximate surface area is 112 Å². The maximum absolute atomic E-state index is 12.3. The molecular weight excluding hydrogens is 255 g/mol. The Balaban J connectivity index is 2.39. The smallest absolute Gasteiger partial charge is 0.416 e. The number of alkyl halides is 3. The van der Waals surface area contributed by atoms with E-state index in [0.29, 0.717) is 18.9 Å². The zero-order chi connectivity index (χ0) is 14.5. The quantitative estimate of drug-likeness (QED) is 0.796. The van der Waals surface area contributed by atoms with Crippen LogP contribution in [-0.4, -0.2) is 18.7 Å². The van der Waals surface area contributed by atoms with Crippen LogP contribution in [0.25, 0.3) is 0 Å². The van der Waals surface area contributed by atoms with Gasteiger partial charge in [0.05, 0.1) is 5.56 Å². The van der Waals surface area contributed by atoms with Crippen LogP contribution >= 0.6 is 0 Å². The van der Waals surface area contributed by atoms with Gasteiger partial charge in [-0.3, -0.25) is 0 Å². The third-order valence-corrected chi connectivity index (χ3v) is 3.04. The molecule has 19 heavy (non-hydrogen) atoms. The van der Waals surface area contributed by atoms with E-state index in [1.165, 1.54) is 12.1 Å². The Morgan fingerprint density at radius 1 is 1.11 bits per heavy atom. The van der Waals surface area contributed by atoms with Gasteiger partial charge in [-0.1, -0.05) is 6.92 Å². The van der Waals surface area contributed by atoms with Crippen molar-refractivity contribution in [2.75, 3.05) is 13.2 Å². The summed E-state index contributed by atoms with van der Waals surface area (Å²) in [7, 11) is 0. The van der Waals surface area contributed by atoms with Gasteiger partial charge < -0.3 is 10.1 Å². The molecule has 0 spiro atoms. The summed E-state index contributed by atoms with van der Waals surface area (Å²) in [4.78, 5) is 0. The van der Waals surface area contributed by atoms with Crippen molar-refractivity contribution in [1.29, 1.82) is 0 Å². The fraction of sp³-hybridized carbons (Fsp3) is 0.571. The second kappa shape index (κ2) is 6.28. The van der Waals surface area contributed by atoms with Gasteiger partial charge in [0.1, 0.15) is 12.4 Å². The van der Waals surface area contributed by atoms with Crippen LogP contribution in [0.5, 0.6) is 5.75 Å². The van der Waals surface area contributed by atoms with E-state index in [1.54, 1.807) is 0 Å². The number of ether oxygens (including phenoxy) is 1. The van der Waals surface area contributed by atoms with E-state index in [0.717, 1.165) is 18.6 Å². The van der Waals surface area contributed by atoms with Crippen LogP contribution in [0.3, 0.4) is 0 Å². The van der Waals surface area contributed by atoms with Crippen LogP contribution in [0, 0.1) is 0 Å². The maximum Gasteiger partial charge on any atom is 0.416 e. The van der Waals surface area contributed by atoms with Gasteiger partial charge in [-0.05, 0) is 44.5 Å². The highest BCUT2D eigenvalue weighted by Gasteiger charge is 2.29. The number of benzene rings is 1. The van der Waals surface area contributed by atoms with Crippen LogP contribution in [0.2, 0.25) is 0 Å². The van der Waals surface area contributed by atoms with Gasteiger partial charge in [0.15, 0.2) is 0 Å². The zero-order valence-corrected chi connectivity index (χ0v) is 11.5. The minimum absolute atomic E-state index is 0.0451. The molecule has 0 aliphatic carbocycles. The molecule has 0 bridgehead atoms. The lowest BCUT2D eigenvalue weighted by Gasteiger charge is -2.24. The topological polar surface area (TPSA) is 21.3 Å². The first-order valence-electron chi connectivity index (χ1n) is 6.30. The van der Waals surface area contributed by atoms with Gasteiger partial charge in [-0.25, -0.2) is 0 Å². The van der Waals surface area contributed by atoms with Crippen molar-refractivity contribution in [3.05, 3.63) is 29.8 Å². The monoisotopic (exact) mass is 275 g/mol. The molecule has 0 amide bonds. The summed E-state index contributed by atoms with van der Waals surface area (Å²) in [6.07, 6.45) is -3.31. The van der Waals surface area contributed by atoms with Crippen molar-refractivity contribution in [2.45, 2.75) is 38.9 Å². The molecule has 0 heterocycles. The van der Waals surface area contributed by atoms with Gasteiger partial charge in [0, 0.05) is 12.1 Å². The normalized spacial score (nSPS) is 12.5. The van der Waals surface area contributed by atoms with E-state index in [9.17, 15) is 13.2 Å². The predicted octanol–water partition coefficient (Wildman–Crippen LogP) is 3.86. The Kier molecular flexibility index (Phi) is 5.23. The van der Waals surface area contributed by atoms with Crippen LogP contribution in [0.15, 0.2) is 24.3 Å². The fourth-order valence-electron chi connectivity index (χ4n) is 1.42. The molecule has 0 saturated heterocycles. The van der Waals surface area contributed by atoms with E-state index in [2.05, 4.69) is 26.1 Å². The summed E-state index contributed by atoms with van der Waals surface area (Å²) in [5, 5.41) is 3.31. The van der Waals surface area contributed by atoms with Crippen molar-refractivity contribution >= 4 is 0 Å². The molecular formula is C14H20F3NO. The molecule has 1 aromatic rings. The van der Waals surface area contributed by atoms with Crippen LogP contribution < -0.4 is 10.1 Å². The summed E-state index contributed by atoms with van der Waals surface area (Å²) in [5.41, 5.74) is -0.617. The molecule has 0 saturated carbocycles. The summed E-state index contributed by atoms with van der Waals surface area (Å²) < 4.78 is 42.4. The van der Waals surface area contributed by atoms with Crippen LogP contribution in [-0.2, 0) is 6.18 Å². The second-order valence-electron chi connectivity index (χ2n) is 5.03. The number of hydrogen-bond donors (Lipinski definition) is 1. The highest BCUT2D eigenvalue weighted by atomic mass is 19.4. The Hall–Kier alpha value is -1.23. The molecule has 0 aromatic heterocycles. The lowest BCUT2D eigenvalue weighted by Crippen LogP contribution is -2.40. The van der Waals surface area contributed by atoms with Crippen molar-refractivity contribution in [3.63, 3.8) is 0 Å². The zero-order valence-electron chi connectivity index (χ0n) is 11.5. The molecule has 1 aromatic carbocycles. The van der Waals surface area contributed by atoms with Crippen molar-refractivity contribution < 1.29 is 17.9 Å². The first-order valence-corrected chi connectivity index (χ1v) is 6.30. The molecule has 0 radical (unpaired) electrons. The van der Waals surface area contributed by atoms with Crippen LogP contribution in [0.1, 0.15) is 32.8 Å². The van der Waals surface area contributed by atoms with Gasteiger partial charge >= 0.3 is 6.18 Å². The number of nitrogens with one attached hydrogen (secondary N) is 1. The standard InChI is InChI=1S/C14H20F3NO/c1-4-13(2,3)18-9-10-19-12-7-5-11(6-8-12)14(15,16)17/h5-8,18H,4,9-10H2,1-3H3. The molecule has 0 fully saturated rings. The first kappa shape index (κ1) is 15.8. The van der Waals surface area contributed by atoms with Gasteiger partial charge in [0.25, 0.3) is 0 Å². The second-order valence-corrected chi connectivity index (χ2v) is 5.03. The average Bonchev–Trinajstić information content (AvgIpc) is 2.34. The molecule has 5 heteroatoms. The molecule has 0 aliphatic rings. The Morgan fingerprint density at radius 3 is 2.16 bits per heavy atom. The van der Waals surface area contributed by atoms with Crippen molar-refractivity contribution in [3.8, 4) is 5.75 Å². The van der Waals surface area contributed by atoms with Crippen molar-refractivity contribution in [2.24, 2.45) is 0 Å². The largest absolute Gasteiger partial charge is 0.492 e. The van der Waals surface area contributed by atoms with Crippen molar-refractivity contribution in [1.82, 2.24) is 5.32 Å². The predicted molar refractivity (Wildman–Crippen MR) is 69.3 cm³/mol. The average molecular weight is 275 g/mol. The summed E-state index contributed by atoms with van der Waals surface area (Å²) in [6, 6.07) is 4.74. The highest BCUT2D eigenvalue weighted by molar-refractivity contribution is 5.28. The minimum Gasteiger partial charge on any atom is -0.492 e. The summed E-state index contributed by atoms with van der Waals surface area (Å²) >= 11 is 0. The van der Waals surface area contributed by atoms with E-state index in [1.807, 2.05) is 0 Å². The third-order valence-electron chi connectivity index (χ3n) is 3.04. The number of hydrogen-bond acceptors (Lipinski definition) is 2. The molecule has 1 N–H and O–H groups in total. The van der Waals surface area contributed by atoms with Gasteiger partial charge in [0.2, 0.25) is 0 Å².